The number of hydrogen-bond donors (Lipinski definition) is 1. The van der Waals surface area contributed by atoms with Gasteiger partial charge in [-0.25, -0.2) is 13.1 Å². The van der Waals surface area contributed by atoms with Crippen LogP contribution in [0, 0.1) is 5.92 Å². The van der Waals surface area contributed by atoms with Gasteiger partial charge in [0.2, 0.25) is 10.0 Å². The molecule has 1 N–H and O–H groups in total. The number of nitrogens with one attached hydrogen (secondary N) is 1. The van der Waals surface area contributed by atoms with Crippen molar-refractivity contribution < 1.29 is 13.2 Å². The maximum atomic E-state index is 13.9. The Morgan fingerprint density at radius 2 is 1.36 bits per heavy atom. The summed E-state index contributed by atoms with van der Waals surface area (Å²) in [5.74, 6) is 1.58. The van der Waals surface area contributed by atoms with Gasteiger partial charge in [-0.3, -0.25) is 0 Å². The van der Waals surface area contributed by atoms with Crippen molar-refractivity contribution in [3.8, 4) is 5.75 Å². The fourth-order valence-electron chi connectivity index (χ4n) is 5.21. The normalized spacial score (nSPS) is 13.1. The molecule has 1 atom stereocenters. The summed E-state index contributed by atoms with van der Waals surface area (Å²) in [6.07, 6.45) is 6.97. The molecule has 0 amide bonds. The quantitative estimate of drug-likeness (QED) is 0.180. The van der Waals surface area contributed by atoms with Gasteiger partial charge < -0.3 is 4.74 Å². The van der Waals surface area contributed by atoms with Gasteiger partial charge in [-0.2, -0.15) is 0 Å². The monoisotopic (exact) mass is 589 g/mol. The van der Waals surface area contributed by atoms with E-state index in [1.54, 1.807) is 0 Å². The third-order valence-corrected chi connectivity index (χ3v) is 9.15. The first-order chi connectivity index (χ1) is 19.9. The summed E-state index contributed by atoms with van der Waals surface area (Å²) in [5, 5.41) is 0. The Labute approximate surface area is 255 Å². The summed E-state index contributed by atoms with van der Waals surface area (Å²) in [4.78, 5) is 0.466. The van der Waals surface area contributed by atoms with Crippen LogP contribution in [-0.4, -0.2) is 21.1 Å². The molecule has 0 radical (unpaired) electrons. The second-order valence-corrected chi connectivity index (χ2v) is 14.3. The van der Waals surface area contributed by atoms with Crippen molar-refractivity contribution in [2.45, 2.75) is 103 Å². The van der Waals surface area contributed by atoms with E-state index >= 15 is 0 Å². The zero-order valence-corrected chi connectivity index (χ0v) is 27.7. The predicted molar refractivity (Wildman–Crippen MR) is 177 cm³/mol. The molecule has 0 spiro atoms. The van der Waals surface area contributed by atoms with Gasteiger partial charge in [0.05, 0.1) is 11.0 Å². The van der Waals surface area contributed by atoms with Crippen LogP contribution >= 0.6 is 0 Å². The second kappa shape index (κ2) is 15.5. The topological polar surface area (TPSA) is 55.4 Å². The SMILES string of the molecule is CC(C)Oc1ccc(C[C@H](/C=C/Cc2ccccc2)CCNS(=O)(=O)c2c(C(C)C)cc(C(C)C)cc2C(C)C)cc1. The van der Waals surface area contributed by atoms with Crippen LogP contribution in [0.2, 0.25) is 0 Å². The summed E-state index contributed by atoms with van der Waals surface area (Å²) in [6, 6.07) is 22.8. The largest absolute Gasteiger partial charge is 0.491 e. The molecule has 0 saturated heterocycles. The molecule has 42 heavy (non-hydrogen) atoms. The van der Waals surface area contributed by atoms with E-state index in [1.807, 2.05) is 32.0 Å². The van der Waals surface area contributed by atoms with Gasteiger partial charge in [-0.15, -0.1) is 0 Å². The molecule has 0 heterocycles. The van der Waals surface area contributed by atoms with Gasteiger partial charge >= 0.3 is 0 Å². The molecular formula is C37H51NO3S. The van der Waals surface area contributed by atoms with Crippen molar-refractivity contribution in [2.24, 2.45) is 5.92 Å². The maximum Gasteiger partial charge on any atom is 0.241 e. The highest BCUT2D eigenvalue weighted by Crippen LogP contribution is 2.35. The number of sulfonamides is 1. The molecule has 3 aromatic rings. The summed E-state index contributed by atoms with van der Waals surface area (Å²) in [5.41, 5.74) is 5.46. The molecule has 0 aliphatic carbocycles. The van der Waals surface area contributed by atoms with Crippen LogP contribution in [0.5, 0.6) is 5.75 Å². The molecular weight excluding hydrogens is 538 g/mol. The van der Waals surface area contributed by atoms with Crippen molar-refractivity contribution in [1.82, 2.24) is 4.72 Å². The van der Waals surface area contributed by atoms with Gasteiger partial charge in [0.15, 0.2) is 0 Å². The standard InChI is InChI=1S/C37H51NO3S/c1-26(2)33-24-35(27(3)4)37(36(25-33)28(5)6)42(39,40)38-22-21-31(16-12-15-30-13-10-9-11-14-30)23-32-17-19-34(20-18-32)41-29(7)8/h9-14,16-20,24-29,31,38H,15,21-23H2,1-8H3/b16-12+/t31-/m1/s1. The lowest BCUT2D eigenvalue weighted by Crippen LogP contribution is -2.29. The first-order valence-corrected chi connectivity index (χ1v) is 17.0. The highest BCUT2D eigenvalue weighted by atomic mass is 32.2. The molecule has 0 saturated carbocycles. The number of rotatable bonds is 15. The predicted octanol–water partition coefficient (Wildman–Crippen LogP) is 9.17. The molecule has 0 unspecified atom stereocenters. The average Bonchev–Trinajstić information content (AvgIpc) is 2.93. The van der Waals surface area contributed by atoms with Gasteiger partial charge in [0.25, 0.3) is 0 Å². The van der Waals surface area contributed by atoms with Crippen molar-refractivity contribution >= 4 is 10.0 Å². The highest BCUT2D eigenvalue weighted by Gasteiger charge is 2.27. The van der Waals surface area contributed by atoms with Gasteiger partial charge in [-0.05, 0) is 96.7 Å². The molecule has 3 rings (SSSR count). The van der Waals surface area contributed by atoms with E-state index in [0.717, 1.165) is 29.7 Å². The Hall–Kier alpha value is -2.89. The van der Waals surface area contributed by atoms with E-state index in [9.17, 15) is 8.42 Å². The van der Waals surface area contributed by atoms with Crippen molar-refractivity contribution in [2.75, 3.05) is 6.54 Å². The minimum Gasteiger partial charge on any atom is -0.491 e. The van der Waals surface area contributed by atoms with Crippen molar-refractivity contribution in [1.29, 1.82) is 0 Å². The molecule has 0 bridgehead atoms. The van der Waals surface area contributed by atoms with Crippen LogP contribution in [0.4, 0.5) is 0 Å². The Balaban J connectivity index is 1.81. The van der Waals surface area contributed by atoms with Crippen LogP contribution < -0.4 is 9.46 Å². The molecule has 0 aromatic heterocycles. The fraction of sp³-hybridized carbons (Fsp3) is 0.459. The average molecular weight is 590 g/mol. The first kappa shape index (κ1) is 33.6. The van der Waals surface area contributed by atoms with Crippen molar-refractivity contribution in [3.05, 3.63) is 107 Å². The van der Waals surface area contributed by atoms with Gasteiger partial charge in [0, 0.05) is 6.54 Å². The third kappa shape index (κ3) is 9.84. The maximum absolute atomic E-state index is 13.9. The van der Waals surface area contributed by atoms with Crippen LogP contribution in [0.3, 0.4) is 0 Å². The lowest BCUT2D eigenvalue weighted by atomic mass is 9.89. The molecule has 0 aliphatic heterocycles. The van der Waals surface area contributed by atoms with Crippen LogP contribution in [0.1, 0.15) is 107 Å². The Bertz CT molecular complexity index is 1360. The Kier molecular flexibility index (Phi) is 12.4. The van der Waals surface area contributed by atoms with E-state index in [4.69, 9.17) is 4.74 Å². The van der Waals surface area contributed by atoms with E-state index in [-0.39, 0.29) is 23.9 Å². The van der Waals surface area contributed by atoms with E-state index in [1.165, 1.54) is 16.7 Å². The highest BCUT2D eigenvalue weighted by molar-refractivity contribution is 7.89. The first-order valence-electron chi connectivity index (χ1n) is 15.5. The van der Waals surface area contributed by atoms with Gasteiger partial charge in [0.1, 0.15) is 5.75 Å². The van der Waals surface area contributed by atoms with Crippen molar-refractivity contribution in [3.63, 3.8) is 0 Å². The van der Waals surface area contributed by atoms with Crippen LogP contribution in [0.25, 0.3) is 0 Å². The number of benzene rings is 3. The van der Waals surface area contributed by atoms with E-state index < -0.39 is 10.0 Å². The zero-order chi connectivity index (χ0) is 30.9. The lowest BCUT2D eigenvalue weighted by molar-refractivity contribution is 0.242. The van der Waals surface area contributed by atoms with Crippen LogP contribution in [0.15, 0.2) is 83.8 Å². The van der Waals surface area contributed by atoms with Crippen LogP contribution in [-0.2, 0) is 22.9 Å². The minimum atomic E-state index is -3.69. The fourth-order valence-corrected chi connectivity index (χ4v) is 6.95. The minimum absolute atomic E-state index is 0.101. The smallest absolute Gasteiger partial charge is 0.241 e. The molecule has 0 aliphatic rings. The number of ether oxygens (including phenoxy) is 1. The summed E-state index contributed by atoms with van der Waals surface area (Å²) < 4.78 is 36.6. The van der Waals surface area contributed by atoms with E-state index in [0.29, 0.717) is 23.8 Å². The molecule has 5 heteroatoms. The van der Waals surface area contributed by atoms with Gasteiger partial charge in [-0.1, -0.05) is 108 Å². The van der Waals surface area contributed by atoms with E-state index in [2.05, 4.69) is 107 Å². The Morgan fingerprint density at radius 3 is 1.88 bits per heavy atom. The second-order valence-electron chi connectivity index (χ2n) is 12.6. The zero-order valence-electron chi connectivity index (χ0n) is 26.9. The molecule has 0 fully saturated rings. The summed E-state index contributed by atoms with van der Waals surface area (Å²) in [6.45, 7) is 17.0. The third-order valence-electron chi connectivity index (χ3n) is 7.55. The molecule has 3 aromatic carbocycles. The molecule has 4 nitrogen and oxygen atoms in total. The summed E-state index contributed by atoms with van der Waals surface area (Å²) >= 11 is 0. The number of hydrogen-bond acceptors (Lipinski definition) is 3. The summed E-state index contributed by atoms with van der Waals surface area (Å²) in [7, 11) is -3.69. The number of allylic oxidation sites excluding steroid dienone is 2. The lowest BCUT2D eigenvalue weighted by Gasteiger charge is -2.23. The molecule has 228 valence electrons. The Morgan fingerprint density at radius 1 is 0.762 bits per heavy atom.